The first-order valence-electron chi connectivity index (χ1n) is 26.6. The molecular formula is C69H73N4OPt-3. The summed E-state index contributed by atoms with van der Waals surface area (Å²) < 4.78 is 9.37. The van der Waals surface area contributed by atoms with E-state index in [2.05, 4.69) is 277 Å². The summed E-state index contributed by atoms with van der Waals surface area (Å²) in [6, 6.07) is 60.8. The van der Waals surface area contributed by atoms with Gasteiger partial charge in [-0.15, -0.1) is 48.3 Å². The number of fused-ring (bicyclic) bond motifs is 4. The molecule has 0 spiro atoms. The maximum absolute atomic E-state index is 7.11. The molecule has 9 aromatic rings. The van der Waals surface area contributed by atoms with Crippen LogP contribution in [0.15, 0.2) is 152 Å². The fraction of sp³-hybridized carbons (Fsp3) is 0.304. The minimum absolute atomic E-state index is 0. The Hall–Kier alpha value is -6.42. The van der Waals surface area contributed by atoms with Crippen LogP contribution in [0.2, 0.25) is 0 Å². The van der Waals surface area contributed by atoms with Gasteiger partial charge in [-0.25, -0.2) is 4.98 Å². The third kappa shape index (κ3) is 10.1. The van der Waals surface area contributed by atoms with Crippen LogP contribution in [0.1, 0.15) is 155 Å². The topological polar surface area (TPSA) is 33.5 Å². The number of pyridine rings is 1. The van der Waals surface area contributed by atoms with Crippen molar-refractivity contribution in [3.63, 3.8) is 0 Å². The number of aromatic nitrogens is 2. The van der Waals surface area contributed by atoms with Crippen LogP contribution in [-0.4, -0.2) is 9.55 Å². The Kier molecular flexibility index (Phi) is 14.2. The first-order chi connectivity index (χ1) is 35.0. The van der Waals surface area contributed by atoms with Gasteiger partial charge in [0.25, 0.3) is 0 Å². The van der Waals surface area contributed by atoms with Gasteiger partial charge >= 0.3 is 0 Å². The van der Waals surface area contributed by atoms with Crippen molar-refractivity contribution in [1.82, 2.24) is 9.55 Å². The second kappa shape index (κ2) is 19.9. The third-order valence-electron chi connectivity index (χ3n) is 15.2. The Morgan fingerprint density at radius 2 is 1.16 bits per heavy atom. The van der Waals surface area contributed by atoms with Gasteiger partial charge in [0.1, 0.15) is 5.82 Å². The molecule has 10 rings (SSSR count). The van der Waals surface area contributed by atoms with Crippen molar-refractivity contribution < 1.29 is 25.8 Å². The maximum atomic E-state index is 7.11. The standard InChI is InChI=1S/C69H73N4O.Pt/c1-44(2)55-28-22-29-56(45(3)4)64(55)46-31-32-60-61(35-46)71(43-72(60)52-37-49(67(8,9)10)36-50(38-52)68(11,12)13)51-25-21-26-53(40-51)74-54-41-58(69(14,15)47-23-17-16-18-24-47)65-57-27-19-20-30-59(57)73(62(65)42-54)63-39-48(33-34-70-63)66(5,6)7;/h16-39,41,43-45H,1-15H3;/q-3;. The molecule has 0 saturated heterocycles. The number of benzene rings is 7. The van der Waals surface area contributed by atoms with Crippen LogP contribution in [0.25, 0.3) is 38.8 Å². The van der Waals surface area contributed by atoms with Crippen molar-refractivity contribution in [2.24, 2.45) is 0 Å². The van der Waals surface area contributed by atoms with Crippen molar-refractivity contribution in [2.45, 2.75) is 137 Å². The molecule has 0 N–H and O–H groups in total. The van der Waals surface area contributed by atoms with Gasteiger partial charge in [-0.2, -0.15) is 6.07 Å². The van der Waals surface area contributed by atoms with Crippen molar-refractivity contribution >= 4 is 44.6 Å². The molecule has 3 heterocycles. The summed E-state index contributed by atoms with van der Waals surface area (Å²) in [4.78, 5) is 9.69. The maximum Gasteiger partial charge on any atom is 0.135 e. The summed E-state index contributed by atoms with van der Waals surface area (Å²) >= 11 is 0. The summed E-state index contributed by atoms with van der Waals surface area (Å²) in [7, 11) is 0. The molecule has 0 unspecified atom stereocenters. The zero-order chi connectivity index (χ0) is 52.6. The number of nitrogens with zero attached hydrogens (tertiary/aromatic N) is 4. The average Bonchev–Trinajstić information content (AvgIpc) is 3.94. The number of rotatable bonds is 10. The number of ether oxygens (including phenoxy) is 1. The van der Waals surface area contributed by atoms with Crippen LogP contribution in [0, 0.1) is 18.8 Å². The van der Waals surface area contributed by atoms with E-state index < -0.39 is 5.41 Å². The van der Waals surface area contributed by atoms with Crippen LogP contribution in [0.5, 0.6) is 11.5 Å². The van der Waals surface area contributed by atoms with E-state index >= 15 is 0 Å². The molecule has 0 atom stereocenters. The second-order valence-electron chi connectivity index (χ2n) is 24.7. The summed E-state index contributed by atoms with van der Waals surface area (Å²) in [6.45, 7) is 36.6. The molecule has 2 aromatic heterocycles. The summed E-state index contributed by atoms with van der Waals surface area (Å²) in [6.07, 6.45) is 1.93. The van der Waals surface area contributed by atoms with Crippen LogP contribution in [0.4, 0.5) is 22.7 Å². The van der Waals surface area contributed by atoms with Gasteiger partial charge in [-0.1, -0.05) is 194 Å². The molecule has 0 radical (unpaired) electrons. The van der Waals surface area contributed by atoms with Gasteiger partial charge in [0.05, 0.1) is 0 Å². The Morgan fingerprint density at radius 1 is 0.533 bits per heavy atom. The van der Waals surface area contributed by atoms with Crippen LogP contribution in [-0.2, 0) is 42.7 Å². The monoisotopic (exact) mass is 1170 g/mol. The van der Waals surface area contributed by atoms with Gasteiger partial charge < -0.3 is 19.1 Å². The van der Waals surface area contributed by atoms with Gasteiger partial charge in [0.2, 0.25) is 0 Å². The Balaban J connectivity index is 0.00000689. The van der Waals surface area contributed by atoms with Crippen LogP contribution in [0.3, 0.4) is 0 Å². The largest absolute Gasteiger partial charge is 0.509 e. The first-order valence-corrected chi connectivity index (χ1v) is 26.6. The Bertz CT molecular complexity index is 3500. The SMILES string of the molecule is CC(C)c1cccc(C(C)C)c1-c1ccc2c(c1)N(c1[c-]c(Oc3[c-]c4c(c(C(C)(C)c5ccccc5)c3)c3ccccc3n4-c3cc(C(C)(C)C)ccn3)ccc1)[CH-]N2c1cc(C(C)(C)C)cc(C(C)(C)C)c1.[Pt]. The predicted octanol–water partition coefficient (Wildman–Crippen LogP) is 19.1. The zero-order valence-electron chi connectivity index (χ0n) is 46.7. The van der Waals surface area contributed by atoms with Gasteiger partial charge in [0.15, 0.2) is 0 Å². The first kappa shape index (κ1) is 53.4. The molecule has 1 aliphatic heterocycles. The van der Waals surface area contributed by atoms with Crippen LogP contribution >= 0.6 is 0 Å². The van der Waals surface area contributed by atoms with E-state index in [1.165, 1.54) is 44.5 Å². The quantitative estimate of drug-likeness (QED) is 0.128. The van der Waals surface area contributed by atoms with Gasteiger partial charge in [0, 0.05) is 61.3 Å². The summed E-state index contributed by atoms with van der Waals surface area (Å²) in [5.74, 6) is 2.76. The average molecular weight is 1170 g/mol. The van der Waals surface area contributed by atoms with E-state index in [4.69, 9.17) is 9.72 Å². The Labute approximate surface area is 462 Å². The molecule has 0 amide bonds. The van der Waals surface area contributed by atoms with E-state index in [1.54, 1.807) is 0 Å². The minimum atomic E-state index is -0.413. The van der Waals surface area contributed by atoms with Gasteiger partial charge in [-0.3, -0.25) is 0 Å². The van der Waals surface area contributed by atoms with Gasteiger partial charge in [-0.05, 0) is 126 Å². The van der Waals surface area contributed by atoms with E-state index in [-0.39, 0.29) is 37.3 Å². The van der Waals surface area contributed by atoms with Crippen molar-refractivity contribution in [3.05, 3.63) is 210 Å². The molecule has 0 fully saturated rings. The molecule has 1 aliphatic rings. The van der Waals surface area contributed by atoms with E-state index in [0.717, 1.165) is 55.9 Å². The molecule has 7 aromatic carbocycles. The van der Waals surface area contributed by atoms with E-state index in [0.29, 0.717) is 23.3 Å². The fourth-order valence-electron chi connectivity index (χ4n) is 10.8. The van der Waals surface area contributed by atoms with E-state index in [9.17, 15) is 0 Å². The van der Waals surface area contributed by atoms with Crippen LogP contribution < -0.4 is 14.5 Å². The second-order valence-corrected chi connectivity index (χ2v) is 24.7. The molecular weight excluding hydrogens is 1100 g/mol. The molecule has 6 heteroatoms. The predicted molar refractivity (Wildman–Crippen MR) is 313 cm³/mol. The number of anilines is 4. The molecule has 0 bridgehead atoms. The van der Waals surface area contributed by atoms with Crippen molar-refractivity contribution in [3.8, 4) is 28.4 Å². The van der Waals surface area contributed by atoms with E-state index in [1.807, 2.05) is 12.3 Å². The van der Waals surface area contributed by atoms with Crippen molar-refractivity contribution in [2.75, 3.05) is 9.80 Å². The molecule has 5 nitrogen and oxygen atoms in total. The summed E-state index contributed by atoms with van der Waals surface area (Å²) in [5, 5.41) is 2.28. The van der Waals surface area contributed by atoms with Crippen molar-refractivity contribution in [1.29, 1.82) is 0 Å². The summed E-state index contributed by atoms with van der Waals surface area (Å²) in [5.41, 5.74) is 17.0. The normalized spacial score (nSPS) is 13.3. The number of para-hydroxylation sites is 1. The third-order valence-corrected chi connectivity index (χ3v) is 15.2. The Morgan fingerprint density at radius 3 is 1.80 bits per heavy atom. The molecule has 0 aliphatic carbocycles. The molecule has 0 saturated carbocycles. The smallest absolute Gasteiger partial charge is 0.135 e. The minimum Gasteiger partial charge on any atom is -0.509 e. The fourth-order valence-corrected chi connectivity index (χ4v) is 10.8. The molecule has 75 heavy (non-hydrogen) atoms. The number of hydrogen-bond acceptors (Lipinski definition) is 4. The zero-order valence-corrected chi connectivity index (χ0v) is 49.0. The molecule has 388 valence electrons. The number of hydrogen-bond donors (Lipinski definition) is 0.